The molecule has 1 aromatic heterocycles. The molecule has 4 heteroatoms. The molecule has 2 atom stereocenters. The van der Waals surface area contributed by atoms with Crippen LogP contribution in [0.25, 0.3) is 0 Å². The van der Waals surface area contributed by atoms with Crippen molar-refractivity contribution in [1.29, 1.82) is 0 Å². The van der Waals surface area contributed by atoms with Gasteiger partial charge >= 0.3 is 0 Å². The minimum absolute atomic E-state index is 0.668. The van der Waals surface area contributed by atoms with Crippen molar-refractivity contribution in [2.75, 3.05) is 14.1 Å². The Hall–Kier alpha value is -0.450. The Kier molecular flexibility index (Phi) is 2.30. The van der Waals surface area contributed by atoms with Crippen molar-refractivity contribution in [2.24, 2.45) is 0 Å². The Morgan fingerprint density at radius 3 is 3.20 bits per heavy atom. The third kappa shape index (κ3) is 1.43. The van der Waals surface area contributed by atoms with Gasteiger partial charge in [0.2, 0.25) is 0 Å². The van der Waals surface area contributed by atoms with Crippen LogP contribution < -0.4 is 5.32 Å². The fourth-order valence-electron chi connectivity index (χ4n) is 2.84. The molecular formula is C11H17N3S. The van der Waals surface area contributed by atoms with E-state index in [1.807, 2.05) is 18.4 Å². The second kappa shape index (κ2) is 3.54. The molecule has 15 heavy (non-hydrogen) atoms. The molecule has 2 unspecified atom stereocenters. The summed E-state index contributed by atoms with van der Waals surface area (Å²) in [5.41, 5.74) is 1.39. The molecule has 0 radical (unpaired) electrons. The lowest BCUT2D eigenvalue weighted by Crippen LogP contribution is -2.33. The van der Waals surface area contributed by atoms with Crippen LogP contribution in [0.2, 0.25) is 0 Å². The number of fused-ring (bicyclic) bond motifs is 4. The van der Waals surface area contributed by atoms with E-state index in [0.29, 0.717) is 6.04 Å². The maximum atomic E-state index is 4.75. The second-order valence-electron chi connectivity index (χ2n) is 4.57. The standard InChI is InChI=1S/C11H17N3S/c1-12-6-10-13-8-5-7-3-4-9(14(7)2)11(8)15-10/h7,9,12H,3-6H2,1-2H3. The van der Waals surface area contributed by atoms with E-state index in [1.54, 1.807) is 0 Å². The molecule has 1 saturated heterocycles. The van der Waals surface area contributed by atoms with Gasteiger partial charge < -0.3 is 5.32 Å². The van der Waals surface area contributed by atoms with Crippen LogP contribution in [0.1, 0.15) is 34.5 Å². The zero-order chi connectivity index (χ0) is 10.4. The summed E-state index contributed by atoms with van der Waals surface area (Å²) in [7, 11) is 4.25. The highest BCUT2D eigenvalue weighted by molar-refractivity contribution is 7.11. The first-order valence-corrected chi connectivity index (χ1v) is 6.46. The quantitative estimate of drug-likeness (QED) is 0.824. The van der Waals surface area contributed by atoms with E-state index < -0.39 is 0 Å². The molecule has 0 aromatic carbocycles. The topological polar surface area (TPSA) is 28.2 Å². The molecule has 3 heterocycles. The van der Waals surface area contributed by atoms with Crippen molar-refractivity contribution >= 4 is 11.3 Å². The van der Waals surface area contributed by atoms with E-state index in [-0.39, 0.29) is 0 Å². The molecule has 1 fully saturated rings. The van der Waals surface area contributed by atoms with Gasteiger partial charge in [-0.3, -0.25) is 4.90 Å². The first kappa shape index (κ1) is 9.75. The fourth-order valence-corrected chi connectivity index (χ4v) is 4.14. The predicted octanol–water partition coefficient (Wildman–Crippen LogP) is 1.55. The van der Waals surface area contributed by atoms with Crippen molar-refractivity contribution in [1.82, 2.24) is 15.2 Å². The number of hydrogen-bond donors (Lipinski definition) is 1. The van der Waals surface area contributed by atoms with Crippen LogP contribution in [0, 0.1) is 0 Å². The summed E-state index contributed by atoms with van der Waals surface area (Å²) < 4.78 is 0. The van der Waals surface area contributed by atoms with E-state index in [4.69, 9.17) is 4.98 Å². The van der Waals surface area contributed by atoms with E-state index in [2.05, 4.69) is 17.3 Å². The van der Waals surface area contributed by atoms with Crippen LogP contribution in [0.3, 0.4) is 0 Å². The number of hydrogen-bond acceptors (Lipinski definition) is 4. The Bertz CT molecular complexity index is 374. The summed E-state index contributed by atoms with van der Waals surface area (Å²) in [6.07, 6.45) is 3.85. The third-order valence-electron chi connectivity index (χ3n) is 3.67. The van der Waals surface area contributed by atoms with Gasteiger partial charge in [0.1, 0.15) is 5.01 Å². The SMILES string of the molecule is CNCc1nc2c(s1)C1CCC(C2)N1C. The molecule has 0 amide bonds. The Labute approximate surface area is 94.5 Å². The number of thiazole rings is 1. The second-order valence-corrected chi connectivity index (χ2v) is 5.68. The molecule has 3 nitrogen and oxygen atoms in total. The fraction of sp³-hybridized carbons (Fsp3) is 0.727. The highest BCUT2D eigenvalue weighted by Gasteiger charge is 2.39. The summed E-state index contributed by atoms with van der Waals surface area (Å²) in [5, 5.41) is 4.44. The minimum Gasteiger partial charge on any atom is -0.314 e. The number of aromatic nitrogens is 1. The summed E-state index contributed by atoms with van der Waals surface area (Å²) in [4.78, 5) is 8.83. The molecule has 2 bridgehead atoms. The molecule has 3 rings (SSSR count). The normalized spacial score (nSPS) is 29.5. The largest absolute Gasteiger partial charge is 0.314 e. The molecule has 0 spiro atoms. The van der Waals surface area contributed by atoms with Crippen molar-refractivity contribution in [3.05, 3.63) is 15.6 Å². The average Bonchev–Trinajstić information content (AvgIpc) is 2.70. The lowest BCUT2D eigenvalue weighted by Gasteiger charge is -2.29. The lowest BCUT2D eigenvalue weighted by molar-refractivity contribution is 0.226. The maximum Gasteiger partial charge on any atom is 0.107 e. The first-order valence-electron chi connectivity index (χ1n) is 5.64. The van der Waals surface area contributed by atoms with Gasteiger partial charge in [0.15, 0.2) is 0 Å². The van der Waals surface area contributed by atoms with Gasteiger partial charge in [-0.2, -0.15) is 0 Å². The highest BCUT2D eigenvalue weighted by atomic mass is 32.1. The molecule has 1 aromatic rings. The van der Waals surface area contributed by atoms with Crippen molar-refractivity contribution in [3.8, 4) is 0 Å². The molecule has 0 aliphatic carbocycles. The highest BCUT2D eigenvalue weighted by Crippen LogP contribution is 2.44. The van der Waals surface area contributed by atoms with Gasteiger partial charge in [0, 0.05) is 29.9 Å². The van der Waals surface area contributed by atoms with E-state index in [9.17, 15) is 0 Å². The van der Waals surface area contributed by atoms with Gasteiger partial charge in [-0.15, -0.1) is 11.3 Å². The van der Waals surface area contributed by atoms with Crippen LogP contribution >= 0.6 is 11.3 Å². The summed E-state index contributed by atoms with van der Waals surface area (Å²) in [6, 6.07) is 1.42. The van der Waals surface area contributed by atoms with Gasteiger partial charge in [-0.1, -0.05) is 0 Å². The van der Waals surface area contributed by atoms with Crippen molar-refractivity contribution < 1.29 is 0 Å². The van der Waals surface area contributed by atoms with Gasteiger partial charge in [0.25, 0.3) is 0 Å². The third-order valence-corrected chi connectivity index (χ3v) is 4.87. The average molecular weight is 223 g/mol. The van der Waals surface area contributed by atoms with Crippen LogP contribution in [-0.2, 0) is 13.0 Å². The maximum absolute atomic E-state index is 4.75. The number of likely N-dealkylation sites (N-methyl/N-ethyl adjacent to an activating group) is 1. The predicted molar refractivity (Wildman–Crippen MR) is 62.1 cm³/mol. The van der Waals surface area contributed by atoms with E-state index in [0.717, 1.165) is 12.6 Å². The number of rotatable bonds is 2. The van der Waals surface area contributed by atoms with Crippen molar-refractivity contribution in [2.45, 2.75) is 37.9 Å². The van der Waals surface area contributed by atoms with Gasteiger partial charge in [0.05, 0.1) is 5.69 Å². The van der Waals surface area contributed by atoms with E-state index in [1.165, 1.54) is 34.8 Å². The van der Waals surface area contributed by atoms with Crippen LogP contribution in [0.15, 0.2) is 0 Å². The van der Waals surface area contributed by atoms with Crippen LogP contribution in [-0.4, -0.2) is 30.0 Å². The summed E-state index contributed by atoms with van der Waals surface area (Å²) >= 11 is 1.91. The molecule has 82 valence electrons. The Morgan fingerprint density at radius 1 is 1.53 bits per heavy atom. The smallest absolute Gasteiger partial charge is 0.107 e. The first-order chi connectivity index (χ1) is 7.29. The molecular weight excluding hydrogens is 206 g/mol. The van der Waals surface area contributed by atoms with E-state index >= 15 is 0 Å². The number of nitrogens with zero attached hydrogens (tertiary/aromatic N) is 2. The number of nitrogens with one attached hydrogen (secondary N) is 1. The summed E-state index contributed by atoms with van der Waals surface area (Å²) in [6.45, 7) is 0.915. The molecule has 0 saturated carbocycles. The lowest BCUT2D eigenvalue weighted by atomic mass is 10.1. The Balaban J connectivity index is 1.96. The monoisotopic (exact) mass is 223 g/mol. The minimum atomic E-state index is 0.668. The van der Waals surface area contributed by atoms with Crippen LogP contribution in [0.5, 0.6) is 0 Å². The zero-order valence-electron chi connectivity index (χ0n) is 9.29. The zero-order valence-corrected chi connectivity index (χ0v) is 10.1. The van der Waals surface area contributed by atoms with Gasteiger partial charge in [-0.05, 0) is 26.9 Å². The van der Waals surface area contributed by atoms with Crippen molar-refractivity contribution in [3.63, 3.8) is 0 Å². The van der Waals surface area contributed by atoms with Crippen LogP contribution in [0.4, 0.5) is 0 Å². The van der Waals surface area contributed by atoms with Gasteiger partial charge in [-0.25, -0.2) is 4.98 Å². The molecule has 1 N–H and O–H groups in total. The molecule has 2 aliphatic heterocycles. The molecule has 2 aliphatic rings. The summed E-state index contributed by atoms with van der Waals surface area (Å²) in [5.74, 6) is 0. The Morgan fingerprint density at radius 2 is 2.40 bits per heavy atom.